The van der Waals surface area contributed by atoms with Crippen LogP contribution in [0, 0.1) is 17.7 Å². The number of esters is 1. The van der Waals surface area contributed by atoms with Gasteiger partial charge in [-0.2, -0.15) is 0 Å². The molecule has 2 fully saturated rings. The first-order valence-electron chi connectivity index (χ1n) is 7.25. The minimum absolute atomic E-state index is 0.256. The van der Waals surface area contributed by atoms with Gasteiger partial charge in [-0.05, 0) is 13.0 Å². The number of rotatable bonds is 2. The lowest BCUT2D eigenvalue weighted by Crippen LogP contribution is -2.53. The van der Waals surface area contributed by atoms with E-state index in [9.17, 15) is 18.8 Å². The van der Waals surface area contributed by atoms with Crippen molar-refractivity contribution in [3.05, 3.63) is 35.6 Å². The minimum Gasteiger partial charge on any atom is -0.468 e. The van der Waals surface area contributed by atoms with Gasteiger partial charge in [-0.1, -0.05) is 18.2 Å². The summed E-state index contributed by atoms with van der Waals surface area (Å²) in [5.74, 6) is -3.78. The van der Waals surface area contributed by atoms with Crippen molar-refractivity contribution >= 4 is 17.8 Å². The van der Waals surface area contributed by atoms with Gasteiger partial charge in [0, 0.05) is 18.7 Å². The molecule has 4 atom stereocenters. The molecule has 0 aromatic heterocycles. The van der Waals surface area contributed by atoms with Crippen LogP contribution in [0.4, 0.5) is 4.39 Å². The Morgan fingerprint density at radius 2 is 1.96 bits per heavy atom. The number of amides is 2. The first kappa shape index (κ1) is 15.6. The molecule has 4 unspecified atom stereocenters. The molecule has 2 saturated heterocycles. The zero-order chi connectivity index (χ0) is 16.9. The highest BCUT2D eigenvalue weighted by atomic mass is 19.1. The van der Waals surface area contributed by atoms with Gasteiger partial charge in [0.05, 0.1) is 18.9 Å². The fraction of sp³-hybridized carbons (Fsp3) is 0.438. The number of methoxy groups -OCH3 is 1. The van der Waals surface area contributed by atoms with Gasteiger partial charge in [0.25, 0.3) is 0 Å². The Labute approximate surface area is 132 Å². The number of benzene rings is 1. The summed E-state index contributed by atoms with van der Waals surface area (Å²) < 4.78 is 19.0. The molecule has 0 spiro atoms. The zero-order valence-corrected chi connectivity index (χ0v) is 13.0. The van der Waals surface area contributed by atoms with Crippen molar-refractivity contribution in [1.29, 1.82) is 0 Å². The average molecular weight is 320 g/mol. The molecular weight excluding hydrogens is 303 g/mol. The lowest BCUT2D eigenvalue weighted by Gasteiger charge is -2.27. The molecule has 0 bridgehead atoms. The smallest absolute Gasteiger partial charge is 0.326 e. The van der Waals surface area contributed by atoms with Gasteiger partial charge < -0.3 is 4.74 Å². The summed E-state index contributed by atoms with van der Waals surface area (Å²) in [5, 5.41) is 2.98. The number of halogens is 1. The molecule has 122 valence electrons. The molecule has 2 aliphatic rings. The predicted octanol–water partition coefficient (Wildman–Crippen LogP) is 0.633. The molecule has 2 heterocycles. The van der Waals surface area contributed by atoms with Gasteiger partial charge in [-0.25, -0.2) is 4.39 Å². The fourth-order valence-electron chi connectivity index (χ4n) is 3.68. The topological polar surface area (TPSA) is 75.7 Å². The first-order chi connectivity index (χ1) is 10.8. The maximum Gasteiger partial charge on any atom is 0.326 e. The van der Waals surface area contributed by atoms with Crippen LogP contribution in [-0.4, -0.2) is 42.4 Å². The number of imide groups is 1. The Kier molecular flexibility index (Phi) is 3.48. The fourth-order valence-corrected chi connectivity index (χ4v) is 3.68. The number of hydrogen-bond acceptors (Lipinski definition) is 5. The maximum absolute atomic E-state index is 14.2. The van der Waals surface area contributed by atoms with Gasteiger partial charge in [-0.3, -0.25) is 24.6 Å². The summed E-state index contributed by atoms with van der Waals surface area (Å²) in [6.07, 6.45) is 0. The van der Waals surface area contributed by atoms with Crippen molar-refractivity contribution in [3.63, 3.8) is 0 Å². The molecule has 1 N–H and O–H groups in total. The second-order valence-corrected chi connectivity index (χ2v) is 6.08. The SMILES string of the molecule is COC(=O)C1(C)NC(c2ccccc2F)C2C(=O)N(C)C(=O)C21. The van der Waals surface area contributed by atoms with E-state index in [-0.39, 0.29) is 5.56 Å². The third kappa shape index (κ3) is 1.99. The van der Waals surface area contributed by atoms with Gasteiger partial charge >= 0.3 is 5.97 Å². The maximum atomic E-state index is 14.2. The van der Waals surface area contributed by atoms with Crippen molar-refractivity contribution in [2.24, 2.45) is 11.8 Å². The van der Waals surface area contributed by atoms with Gasteiger partial charge in [0.15, 0.2) is 0 Å². The van der Waals surface area contributed by atoms with Crippen molar-refractivity contribution in [2.75, 3.05) is 14.2 Å². The van der Waals surface area contributed by atoms with Crippen LogP contribution in [-0.2, 0) is 19.1 Å². The standard InChI is InChI=1S/C16H17FN2O4/c1-16(15(22)23-3)11-10(13(20)19(2)14(11)21)12(18-16)8-6-4-5-7-9(8)17/h4-7,10-12,18H,1-3H3. The van der Waals surface area contributed by atoms with Crippen LogP contribution in [0.2, 0.25) is 0 Å². The number of carbonyl (C=O) groups excluding carboxylic acids is 3. The van der Waals surface area contributed by atoms with E-state index in [0.29, 0.717) is 0 Å². The third-order valence-corrected chi connectivity index (χ3v) is 4.86. The average Bonchev–Trinajstić information content (AvgIpc) is 2.97. The van der Waals surface area contributed by atoms with Crippen molar-refractivity contribution in [3.8, 4) is 0 Å². The molecule has 6 nitrogen and oxygen atoms in total. The number of ether oxygens (including phenoxy) is 1. The molecule has 0 aliphatic carbocycles. The van der Waals surface area contributed by atoms with E-state index in [1.165, 1.54) is 27.1 Å². The highest BCUT2D eigenvalue weighted by Crippen LogP contribution is 2.48. The number of likely N-dealkylation sites (tertiary alicyclic amines) is 1. The molecular formula is C16H17FN2O4. The largest absolute Gasteiger partial charge is 0.468 e. The number of fused-ring (bicyclic) bond motifs is 1. The number of carbonyl (C=O) groups is 3. The van der Waals surface area contributed by atoms with Gasteiger partial charge in [0.2, 0.25) is 11.8 Å². The zero-order valence-electron chi connectivity index (χ0n) is 13.0. The molecule has 2 aliphatic heterocycles. The van der Waals surface area contributed by atoms with Crippen LogP contribution in [0.1, 0.15) is 18.5 Å². The van der Waals surface area contributed by atoms with Crippen LogP contribution in [0.25, 0.3) is 0 Å². The summed E-state index contributed by atoms with van der Waals surface area (Å²) in [6, 6.07) is 5.24. The minimum atomic E-state index is -1.39. The second kappa shape index (κ2) is 5.13. The van der Waals surface area contributed by atoms with E-state index >= 15 is 0 Å². The monoisotopic (exact) mass is 320 g/mol. The summed E-state index contributed by atoms with van der Waals surface area (Å²) in [7, 11) is 2.59. The van der Waals surface area contributed by atoms with Crippen molar-refractivity contribution in [1.82, 2.24) is 10.2 Å². The lowest BCUT2D eigenvalue weighted by atomic mass is 9.80. The molecule has 7 heteroatoms. The van der Waals surface area contributed by atoms with Crippen LogP contribution in [0.5, 0.6) is 0 Å². The Morgan fingerprint density at radius 1 is 1.30 bits per heavy atom. The Morgan fingerprint density at radius 3 is 2.57 bits per heavy atom. The van der Waals surface area contributed by atoms with Gasteiger partial charge in [-0.15, -0.1) is 0 Å². The van der Waals surface area contributed by atoms with E-state index in [2.05, 4.69) is 5.32 Å². The predicted molar refractivity (Wildman–Crippen MR) is 77.5 cm³/mol. The summed E-state index contributed by atoms with van der Waals surface area (Å²) in [6.45, 7) is 1.52. The third-order valence-electron chi connectivity index (χ3n) is 4.86. The Hall–Kier alpha value is -2.28. The van der Waals surface area contributed by atoms with E-state index < -0.39 is 47.0 Å². The van der Waals surface area contributed by atoms with E-state index in [1.807, 2.05) is 0 Å². The van der Waals surface area contributed by atoms with E-state index in [4.69, 9.17) is 4.74 Å². The number of nitrogens with zero attached hydrogens (tertiary/aromatic N) is 1. The summed E-state index contributed by atoms with van der Waals surface area (Å²) >= 11 is 0. The molecule has 0 radical (unpaired) electrons. The molecule has 1 aromatic rings. The van der Waals surface area contributed by atoms with Crippen LogP contribution < -0.4 is 5.32 Å². The Bertz CT molecular complexity index is 707. The normalized spacial score (nSPS) is 33.0. The Balaban J connectivity index is 2.14. The number of hydrogen-bond donors (Lipinski definition) is 1. The van der Waals surface area contributed by atoms with Gasteiger partial charge in [0.1, 0.15) is 11.4 Å². The van der Waals surface area contributed by atoms with E-state index in [1.54, 1.807) is 18.2 Å². The first-order valence-corrected chi connectivity index (χ1v) is 7.25. The highest BCUT2D eigenvalue weighted by molar-refractivity contribution is 6.09. The van der Waals surface area contributed by atoms with Crippen LogP contribution >= 0.6 is 0 Å². The molecule has 23 heavy (non-hydrogen) atoms. The lowest BCUT2D eigenvalue weighted by molar-refractivity contribution is -0.152. The summed E-state index contributed by atoms with van der Waals surface area (Å²) in [4.78, 5) is 38.2. The highest BCUT2D eigenvalue weighted by Gasteiger charge is 2.66. The molecule has 1 aromatic carbocycles. The quantitative estimate of drug-likeness (QED) is 0.639. The van der Waals surface area contributed by atoms with Crippen molar-refractivity contribution in [2.45, 2.75) is 18.5 Å². The van der Waals surface area contributed by atoms with Crippen molar-refractivity contribution < 1.29 is 23.5 Å². The second-order valence-electron chi connectivity index (χ2n) is 6.08. The molecule has 3 rings (SSSR count). The molecule has 0 saturated carbocycles. The number of nitrogens with one attached hydrogen (secondary N) is 1. The molecule has 2 amide bonds. The summed E-state index contributed by atoms with van der Waals surface area (Å²) in [5.41, 5.74) is -1.13. The van der Waals surface area contributed by atoms with Crippen LogP contribution in [0.15, 0.2) is 24.3 Å². The van der Waals surface area contributed by atoms with E-state index in [0.717, 1.165) is 4.90 Å². The van der Waals surface area contributed by atoms with Crippen LogP contribution in [0.3, 0.4) is 0 Å².